The molecule has 0 spiro atoms. The van der Waals surface area contributed by atoms with E-state index in [4.69, 9.17) is 34.8 Å². The van der Waals surface area contributed by atoms with Gasteiger partial charge in [-0.05, 0) is 167 Å². The number of nitrogens with zero attached hydrogens (tertiary/aromatic N) is 7. The quantitative estimate of drug-likeness (QED) is 0.0388. The summed E-state index contributed by atoms with van der Waals surface area (Å²) in [5.41, 5.74) is -3.65. The van der Waals surface area contributed by atoms with Crippen LogP contribution in [0, 0.1) is 49.5 Å². The maximum atomic E-state index is 14.8. The summed E-state index contributed by atoms with van der Waals surface area (Å²) in [5, 5.41) is 34.5. The highest BCUT2D eigenvalue weighted by Crippen LogP contribution is 2.53. The Balaban J connectivity index is 0.000000263. The highest BCUT2D eigenvalue weighted by Gasteiger charge is 2.70. The van der Waals surface area contributed by atoms with Crippen LogP contribution in [0.1, 0.15) is 130 Å². The molecule has 0 fully saturated rings. The van der Waals surface area contributed by atoms with Crippen molar-refractivity contribution >= 4 is 120 Å². The molecule has 6 amide bonds. The van der Waals surface area contributed by atoms with E-state index in [1.807, 2.05) is 6.07 Å². The van der Waals surface area contributed by atoms with Crippen LogP contribution in [0.3, 0.4) is 0 Å². The highest BCUT2D eigenvalue weighted by molar-refractivity contribution is 14.1. The fraction of sp³-hybridized carbons (Fsp3) is 0.266. The second-order valence-corrected chi connectivity index (χ2v) is 26.5. The number of benzene rings is 4. The van der Waals surface area contributed by atoms with E-state index in [9.17, 15) is 68.8 Å². The first-order valence-electron chi connectivity index (χ1n) is 27.8. The summed E-state index contributed by atoms with van der Waals surface area (Å²) >= 11 is 20.3. The van der Waals surface area contributed by atoms with Crippen molar-refractivity contribution in [3.63, 3.8) is 0 Å². The van der Waals surface area contributed by atoms with Gasteiger partial charge in [0.1, 0.15) is 21.2 Å². The number of aryl methyl sites for hydroxylation is 5. The van der Waals surface area contributed by atoms with Gasteiger partial charge < -0.3 is 31.9 Å². The molecule has 6 N–H and O–H groups in total. The van der Waals surface area contributed by atoms with Gasteiger partial charge in [-0.25, -0.2) is 40.9 Å². The molecule has 0 saturated carbocycles. The standard InChI is InChI=1S/C24H25F6IN2O4S.C20H17ClN6O2.C19H17Cl2N5O2.CH4/c1-13-11-14(23(27,22(4,25)26)24(28,29)30)9-10-17(13)32-19(34)15-7-6-8-16(31)18(15)20(35)33-21(2,3)12-38(5,36)37;1-11-7-13(10-22)9-14(19(28)23-3)17(11)25-20(29)16-8-12(2)26-27(16)18-15(21)5-4-6-24-18;1-10-7-12(20)9-13(18(27)22-3)16(10)24-19(28)15-8-11(2)25-26(15)17-14(21)5-4-6-23-17;/h6-11H,12H2,1-5H3,(H,32,34)(H,33,35);4-9H,1-3H3,(H,23,28)(H,25,29);4-9H,1-3H3,(H,22,27)(H,24,28);1H4. The maximum Gasteiger partial charge on any atom is 0.432 e. The first kappa shape index (κ1) is 77.7. The molecule has 21 nitrogen and oxygen atoms in total. The van der Waals surface area contributed by atoms with Crippen molar-refractivity contribution in [1.29, 1.82) is 5.26 Å². The number of aromatic nitrogens is 6. The predicted octanol–water partition coefficient (Wildman–Crippen LogP) is 13.2. The summed E-state index contributed by atoms with van der Waals surface area (Å²) in [6.45, 7) is 11.0. The summed E-state index contributed by atoms with van der Waals surface area (Å²) < 4.78 is 109. The van der Waals surface area contributed by atoms with Crippen LogP contribution in [0.15, 0.2) is 109 Å². The molecule has 8 aromatic rings. The Morgan fingerprint density at radius 2 is 1.09 bits per heavy atom. The van der Waals surface area contributed by atoms with Crippen LogP contribution in [0.5, 0.6) is 0 Å². The lowest BCUT2D eigenvalue weighted by atomic mass is 9.88. The zero-order chi connectivity index (χ0) is 71.0. The van der Waals surface area contributed by atoms with Crippen molar-refractivity contribution in [2.24, 2.45) is 0 Å². The van der Waals surface area contributed by atoms with E-state index in [0.29, 0.717) is 81.9 Å². The van der Waals surface area contributed by atoms with E-state index >= 15 is 0 Å². The van der Waals surface area contributed by atoms with E-state index in [2.05, 4.69) is 52.1 Å². The Bertz CT molecular complexity index is 4490. The Labute approximate surface area is 577 Å². The summed E-state index contributed by atoms with van der Waals surface area (Å²) in [7, 11) is -0.483. The molecule has 32 heteroatoms. The molecule has 0 bridgehead atoms. The topological polar surface area (TPSA) is 294 Å². The van der Waals surface area contributed by atoms with Crippen LogP contribution in [0.2, 0.25) is 15.1 Å². The van der Waals surface area contributed by atoms with E-state index in [-0.39, 0.29) is 70.9 Å². The molecular weight excluding hydrogens is 1460 g/mol. The molecule has 4 aromatic carbocycles. The molecule has 8 rings (SSSR count). The number of pyridine rings is 2. The molecule has 0 aliphatic rings. The largest absolute Gasteiger partial charge is 0.432 e. The first-order valence-corrected chi connectivity index (χ1v) is 32.1. The molecule has 4 heterocycles. The zero-order valence-corrected chi connectivity index (χ0v) is 57.4. The van der Waals surface area contributed by atoms with Crippen LogP contribution in [0.25, 0.3) is 11.6 Å². The number of carbonyl (C=O) groups excluding carboxylic acids is 6. The molecule has 0 aliphatic carbocycles. The molecule has 4 aromatic heterocycles. The minimum absolute atomic E-state index is 0. The highest BCUT2D eigenvalue weighted by atomic mass is 127. The van der Waals surface area contributed by atoms with Crippen LogP contribution >= 0.6 is 57.4 Å². The maximum absolute atomic E-state index is 14.8. The van der Waals surface area contributed by atoms with Gasteiger partial charge in [0.25, 0.3) is 47.0 Å². The minimum Gasteiger partial charge on any atom is -0.355 e. The smallest absolute Gasteiger partial charge is 0.355 e. The Kier molecular flexibility index (Phi) is 25.3. The monoisotopic (exact) mass is 1520 g/mol. The van der Waals surface area contributed by atoms with Crippen molar-refractivity contribution in [2.75, 3.05) is 42.1 Å². The number of nitriles is 1. The van der Waals surface area contributed by atoms with Crippen molar-refractivity contribution < 1.29 is 63.5 Å². The van der Waals surface area contributed by atoms with E-state index in [1.165, 1.54) is 74.6 Å². The zero-order valence-electron chi connectivity index (χ0n) is 52.2. The molecule has 508 valence electrons. The third-order valence-electron chi connectivity index (χ3n) is 13.6. The Morgan fingerprint density at radius 1 is 0.604 bits per heavy atom. The lowest BCUT2D eigenvalue weighted by Crippen LogP contribution is -2.51. The predicted molar refractivity (Wildman–Crippen MR) is 363 cm³/mol. The number of anilines is 3. The normalized spacial score (nSPS) is 12.0. The van der Waals surface area contributed by atoms with Crippen molar-refractivity contribution in [1.82, 2.24) is 45.5 Å². The van der Waals surface area contributed by atoms with Crippen molar-refractivity contribution in [3.8, 4) is 17.7 Å². The molecule has 1 atom stereocenters. The van der Waals surface area contributed by atoms with Gasteiger partial charge in [0.2, 0.25) is 0 Å². The van der Waals surface area contributed by atoms with Gasteiger partial charge in [-0.2, -0.15) is 28.6 Å². The average molecular weight is 1520 g/mol. The number of hydrogen-bond donors (Lipinski definition) is 6. The number of amides is 6. The second kappa shape index (κ2) is 31.3. The van der Waals surface area contributed by atoms with Crippen molar-refractivity contribution in [3.05, 3.63) is 201 Å². The number of nitrogens with one attached hydrogen (secondary N) is 6. The SMILES string of the molecule is C.CNC(=O)c1cc(C#N)cc(C)c1NC(=O)c1cc(C)nn1-c1ncccc1Cl.CNC(=O)c1cc(Cl)cc(C)c1NC(=O)c1cc(C)nn1-c1ncccc1Cl.Cc1cc(C(F)(C(C)(F)F)C(F)(F)F)ccc1NC(=O)c1cccc(I)c1C(=O)NC(C)(C)CS(C)(=O)=O. The third kappa shape index (κ3) is 18.3. The Morgan fingerprint density at radius 3 is 1.53 bits per heavy atom. The lowest BCUT2D eigenvalue weighted by Gasteiger charge is -2.33. The number of sulfone groups is 1. The minimum atomic E-state index is -5.92. The van der Waals surface area contributed by atoms with Crippen LogP contribution in [0.4, 0.5) is 43.4 Å². The van der Waals surface area contributed by atoms with Crippen LogP contribution in [-0.2, 0) is 15.5 Å². The molecule has 1 unspecified atom stereocenters. The molecule has 0 saturated heterocycles. The van der Waals surface area contributed by atoms with Gasteiger partial charge >= 0.3 is 6.18 Å². The van der Waals surface area contributed by atoms with Gasteiger partial charge in [-0.3, -0.25) is 28.8 Å². The van der Waals surface area contributed by atoms with Crippen LogP contribution in [-0.4, -0.2) is 117 Å². The van der Waals surface area contributed by atoms with Gasteiger partial charge in [0.15, 0.2) is 11.6 Å². The number of halogens is 10. The molecular formula is C64H63Cl3F6IN13O8S. The number of alkyl halides is 6. The summed E-state index contributed by atoms with van der Waals surface area (Å²) in [6.07, 6.45) is -1.80. The van der Waals surface area contributed by atoms with Crippen LogP contribution < -0.4 is 31.9 Å². The second-order valence-electron chi connectivity index (χ2n) is 21.9. The van der Waals surface area contributed by atoms with Gasteiger partial charge in [0.05, 0.1) is 72.4 Å². The van der Waals surface area contributed by atoms with Gasteiger partial charge in [0, 0.05) is 65.1 Å². The van der Waals surface area contributed by atoms with Gasteiger partial charge in [-0.1, -0.05) is 60.4 Å². The first-order chi connectivity index (χ1) is 44.2. The molecule has 0 aliphatic heterocycles. The number of carbonyl (C=O) groups is 6. The summed E-state index contributed by atoms with van der Waals surface area (Å²) in [6, 6.07) is 24.3. The Hall–Kier alpha value is -8.96. The fourth-order valence-corrected chi connectivity index (χ4v) is 12.3. The van der Waals surface area contributed by atoms with E-state index in [0.717, 1.165) is 12.3 Å². The number of hydrogen-bond acceptors (Lipinski definition) is 13. The summed E-state index contributed by atoms with van der Waals surface area (Å²) in [5.74, 6) is -7.88. The fourth-order valence-electron chi connectivity index (χ4n) is 9.50. The molecule has 96 heavy (non-hydrogen) atoms. The lowest BCUT2D eigenvalue weighted by molar-refractivity contribution is -0.304. The average Bonchev–Trinajstić information content (AvgIpc) is 0.966. The van der Waals surface area contributed by atoms with E-state index < -0.39 is 68.2 Å². The summed E-state index contributed by atoms with van der Waals surface area (Å²) in [4.78, 5) is 85.1. The van der Waals surface area contributed by atoms with Gasteiger partial charge in [-0.15, -0.1) is 0 Å². The van der Waals surface area contributed by atoms with E-state index in [1.54, 1.807) is 111 Å². The third-order valence-corrected chi connectivity index (χ3v) is 16.6. The van der Waals surface area contributed by atoms with Crippen molar-refractivity contribution in [2.45, 2.75) is 86.1 Å². The number of rotatable bonds is 16. The molecule has 0 radical (unpaired) electrons.